The molecule has 1 rings (SSSR count). The number of amides is 2. The Morgan fingerprint density at radius 2 is 2.00 bits per heavy atom. The van der Waals surface area contributed by atoms with Crippen molar-refractivity contribution in [2.45, 2.75) is 6.42 Å². The van der Waals surface area contributed by atoms with E-state index in [1.54, 1.807) is 12.1 Å². The minimum absolute atomic E-state index is 0.152. The van der Waals surface area contributed by atoms with Gasteiger partial charge in [-0.15, -0.1) is 0 Å². The van der Waals surface area contributed by atoms with Gasteiger partial charge in [0.1, 0.15) is 12.2 Å². The maximum Gasteiger partial charge on any atom is 0.249 e. The molecule has 7 heteroatoms. The first-order valence-corrected chi connectivity index (χ1v) is 5.98. The molecule has 0 radical (unpaired) electrons. The molecule has 0 spiro atoms. The monoisotopic (exact) mass is 279 g/mol. The van der Waals surface area contributed by atoms with E-state index in [0.717, 1.165) is 0 Å². The summed E-state index contributed by atoms with van der Waals surface area (Å²) in [4.78, 5) is 22.7. The van der Waals surface area contributed by atoms with E-state index in [0.29, 0.717) is 18.7 Å². The Morgan fingerprint density at radius 1 is 1.30 bits per heavy atom. The quantitative estimate of drug-likeness (QED) is 0.283. The molecule has 0 aliphatic heterocycles. The Bertz CT molecular complexity index is 471. The number of hydrogen-bond donors (Lipinski definition) is 3. The van der Waals surface area contributed by atoms with Crippen LogP contribution >= 0.6 is 0 Å². The lowest BCUT2D eigenvalue weighted by atomic mass is 10.2. The summed E-state index contributed by atoms with van der Waals surface area (Å²) >= 11 is 0. The van der Waals surface area contributed by atoms with Gasteiger partial charge in [0.15, 0.2) is 0 Å². The molecule has 0 fully saturated rings. The summed E-state index contributed by atoms with van der Waals surface area (Å²) in [7, 11) is 1.52. The number of methoxy groups -OCH3 is 1. The van der Waals surface area contributed by atoms with Crippen LogP contribution in [-0.4, -0.2) is 43.4 Å². The molecule has 0 saturated heterocycles. The standard InChI is InChI=1S/C13H17N3O4/c1-20-7-6-14-12(18)8-13(19)16-15-9-10-2-4-11(17)5-3-10/h2-5,9,17H,6-8H2,1H3,(H,14,18)(H,16,19)/b15-9+. The molecule has 3 N–H and O–H groups in total. The van der Waals surface area contributed by atoms with Gasteiger partial charge >= 0.3 is 0 Å². The zero-order valence-corrected chi connectivity index (χ0v) is 11.1. The van der Waals surface area contributed by atoms with Gasteiger partial charge in [0.2, 0.25) is 11.8 Å². The Kier molecular flexibility index (Phi) is 6.77. The number of carbonyl (C=O) groups excluding carboxylic acids is 2. The van der Waals surface area contributed by atoms with Gasteiger partial charge in [-0.1, -0.05) is 0 Å². The molecule has 0 saturated carbocycles. The molecule has 2 amide bonds. The maximum atomic E-state index is 11.4. The molecule has 0 aromatic heterocycles. The van der Waals surface area contributed by atoms with Crippen LogP contribution in [0, 0.1) is 0 Å². The van der Waals surface area contributed by atoms with Crippen molar-refractivity contribution < 1.29 is 19.4 Å². The second-order valence-corrected chi connectivity index (χ2v) is 3.90. The molecule has 1 aromatic rings. The Balaban J connectivity index is 2.28. The Labute approximate surface area is 116 Å². The van der Waals surface area contributed by atoms with Crippen molar-refractivity contribution in [3.63, 3.8) is 0 Å². The number of phenols is 1. The lowest BCUT2D eigenvalue weighted by molar-refractivity contribution is -0.129. The first-order valence-electron chi connectivity index (χ1n) is 5.98. The summed E-state index contributed by atoms with van der Waals surface area (Å²) in [6.45, 7) is 0.756. The Morgan fingerprint density at radius 3 is 2.65 bits per heavy atom. The predicted octanol–water partition coefficient (Wildman–Crippen LogP) is -0.00500. The summed E-state index contributed by atoms with van der Waals surface area (Å²) in [6, 6.07) is 6.30. The highest BCUT2D eigenvalue weighted by Crippen LogP contribution is 2.07. The maximum absolute atomic E-state index is 11.4. The molecule has 0 heterocycles. The van der Waals surface area contributed by atoms with Crippen LogP contribution in [0.3, 0.4) is 0 Å². The number of nitrogens with one attached hydrogen (secondary N) is 2. The van der Waals surface area contributed by atoms with Crippen molar-refractivity contribution >= 4 is 18.0 Å². The molecule has 0 bridgehead atoms. The molecule has 0 aliphatic carbocycles. The average Bonchev–Trinajstić information content (AvgIpc) is 2.41. The molecule has 7 nitrogen and oxygen atoms in total. The SMILES string of the molecule is COCCNC(=O)CC(=O)N/N=C/c1ccc(O)cc1. The predicted molar refractivity (Wildman–Crippen MR) is 73.3 cm³/mol. The fraction of sp³-hybridized carbons (Fsp3) is 0.308. The van der Waals surface area contributed by atoms with E-state index in [1.807, 2.05) is 0 Å². The first kappa shape index (κ1) is 15.6. The summed E-state index contributed by atoms with van der Waals surface area (Å²) < 4.78 is 4.76. The normalized spacial score (nSPS) is 10.4. The van der Waals surface area contributed by atoms with Gasteiger partial charge in [0.25, 0.3) is 0 Å². The van der Waals surface area contributed by atoms with Crippen LogP contribution in [0.2, 0.25) is 0 Å². The fourth-order valence-electron chi connectivity index (χ4n) is 1.28. The zero-order chi connectivity index (χ0) is 14.8. The lowest BCUT2D eigenvalue weighted by Gasteiger charge is -2.03. The number of benzene rings is 1. The van der Waals surface area contributed by atoms with E-state index in [9.17, 15) is 9.59 Å². The van der Waals surface area contributed by atoms with E-state index in [4.69, 9.17) is 9.84 Å². The minimum Gasteiger partial charge on any atom is -0.508 e. The van der Waals surface area contributed by atoms with E-state index in [2.05, 4.69) is 15.8 Å². The minimum atomic E-state index is -0.505. The van der Waals surface area contributed by atoms with Crippen LogP contribution in [0.1, 0.15) is 12.0 Å². The van der Waals surface area contributed by atoms with Crippen molar-refractivity contribution in [2.24, 2.45) is 5.10 Å². The summed E-state index contributed by atoms with van der Waals surface area (Å²) in [6.07, 6.45) is 1.12. The lowest BCUT2D eigenvalue weighted by Crippen LogP contribution is -2.31. The highest BCUT2D eigenvalue weighted by atomic mass is 16.5. The van der Waals surface area contributed by atoms with Crippen molar-refractivity contribution in [3.05, 3.63) is 29.8 Å². The summed E-state index contributed by atoms with van der Waals surface area (Å²) in [5, 5.41) is 15.3. The average molecular weight is 279 g/mol. The van der Waals surface area contributed by atoms with Gasteiger partial charge in [-0.3, -0.25) is 9.59 Å². The molecule has 0 atom stereocenters. The highest BCUT2D eigenvalue weighted by molar-refractivity contribution is 5.97. The molecule has 0 unspecified atom stereocenters. The van der Waals surface area contributed by atoms with Crippen LogP contribution in [-0.2, 0) is 14.3 Å². The third kappa shape index (κ3) is 6.50. The number of nitrogens with zero attached hydrogens (tertiary/aromatic N) is 1. The number of carbonyl (C=O) groups is 2. The van der Waals surface area contributed by atoms with Gasteiger partial charge in [0, 0.05) is 13.7 Å². The van der Waals surface area contributed by atoms with E-state index in [1.165, 1.54) is 25.5 Å². The first-order chi connectivity index (χ1) is 9.61. The molecule has 108 valence electrons. The molecule has 0 aliphatic rings. The fourth-order valence-corrected chi connectivity index (χ4v) is 1.28. The van der Waals surface area contributed by atoms with Gasteiger partial charge in [-0.05, 0) is 29.8 Å². The molecular weight excluding hydrogens is 262 g/mol. The summed E-state index contributed by atoms with van der Waals surface area (Å²) in [5.41, 5.74) is 2.96. The van der Waals surface area contributed by atoms with Crippen LogP contribution < -0.4 is 10.7 Å². The topological polar surface area (TPSA) is 100 Å². The number of rotatable bonds is 7. The third-order valence-corrected chi connectivity index (χ3v) is 2.25. The number of hydrazone groups is 1. The number of aromatic hydroxyl groups is 1. The van der Waals surface area contributed by atoms with E-state index >= 15 is 0 Å². The van der Waals surface area contributed by atoms with Gasteiger partial charge in [-0.2, -0.15) is 5.10 Å². The molecule has 1 aromatic carbocycles. The second kappa shape index (κ2) is 8.65. The summed E-state index contributed by atoms with van der Waals surface area (Å²) in [5.74, 6) is -0.742. The highest BCUT2D eigenvalue weighted by Gasteiger charge is 2.07. The Hall–Kier alpha value is -2.41. The second-order valence-electron chi connectivity index (χ2n) is 3.90. The molecular formula is C13H17N3O4. The van der Waals surface area contributed by atoms with Crippen LogP contribution in [0.4, 0.5) is 0 Å². The number of ether oxygens (including phenoxy) is 1. The third-order valence-electron chi connectivity index (χ3n) is 2.25. The van der Waals surface area contributed by atoms with Crippen LogP contribution in [0.5, 0.6) is 5.75 Å². The van der Waals surface area contributed by atoms with Gasteiger partial charge in [0.05, 0.1) is 12.8 Å². The van der Waals surface area contributed by atoms with Gasteiger partial charge in [-0.25, -0.2) is 5.43 Å². The zero-order valence-electron chi connectivity index (χ0n) is 11.1. The van der Waals surface area contributed by atoms with E-state index in [-0.39, 0.29) is 18.1 Å². The van der Waals surface area contributed by atoms with Crippen molar-refractivity contribution in [3.8, 4) is 5.75 Å². The van der Waals surface area contributed by atoms with E-state index < -0.39 is 5.91 Å². The van der Waals surface area contributed by atoms with Crippen molar-refractivity contribution in [2.75, 3.05) is 20.3 Å². The largest absolute Gasteiger partial charge is 0.508 e. The number of hydrogen-bond acceptors (Lipinski definition) is 5. The van der Waals surface area contributed by atoms with Crippen molar-refractivity contribution in [1.29, 1.82) is 0 Å². The number of phenolic OH excluding ortho intramolecular Hbond substituents is 1. The van der Waals surface area contributed by atoms with Crippen LogP contribution in [0.25, 0.3) is 0 Å². The van der Waals surface area contributed by atoms with Gasteiger partial charge < -0.3 is 15.2 Å². The van der Waals surface area contributed by atoms with Crippen molar-refractivity contribution in [1.82, 2.24) is 10.7 Å². The van der Waals surface area contributed by atoms with Crippen LogP contribution in [0.15, 0.2) is 29.4 Å². The molecule has 20 heavy (non-hydrogen) atoms. The smallest absolute Gasteiger partial charge is 0.249 e.